The first kappa shape index (κ1) is 61.8. The van der Waals surface area contributed by atoms with Crippen molar-refractivity contribution >= 4 is 65.9 Å². The van der Waals surface area contributed by atoms with Crippen LogP contribution in [0.1, 0.15) is 120 Å². The summed E-state index contributed by atoms with van der Waals surface area (Å²) in [5, 5.41) is 38.6. The van der Waals surface area contributed by atoms with Crippen LogP contribution in [0.2, 0.25) is 0 Å². The van der Waals surface area contributed by atoms with Gasteiger partial charge in [0.05, 0.1) is 12.6 Å². The molecule has 71 heavy (non-hydrogen) atoms. The number of carbonyl (C=O) groups excluding carboxylic acids is 8. The first-order valence-corrected chi connectivity index (χ1v) is 25.7. The predicted octanol–water partition coefficient (Wildman–Crippen LogP) is 1.18. The number of nitrogens with zero attached hydrogens (tertiary/aromatic N) is 1. The van der Waals surface area contributed by atoms with E-state index in [4.69, 9.17) is 5.73 Å². The molecular weight excluding hydrogens is 935 g/mol. The average molecular weight is 1020 g/mol. The molecule has 0 spiro atoms. The fourth-order valence-corrected chi connectivity index (χ4v) is 8.37. The number of rotatable bonds is 30. The van der Waals surface area contributed by atoms with Gasteiger partial charge in [0.25, 0.3) is 0 Å². The fourth-order valence-electron chi connectivity index (χ4n) is 8.11. The van der Waals surface area contributed by atoms with E-state index in [0.717, 1.165) is 0 Å². The molecule has 2 rings (SSSR count). The quantitative estimate of drug-likeness (QED) is 0.0485. The van der Waals surface area contributed by atoms with Crippen molar-refractivity contribution in [3.8, 4) is 0 Å². The van der Waals surface area contributed by atoms with E-state index >= 15 is 0 Å². The van der Waals surface area contributed by atoms with Gasteiger partial charge in [-0.05, 0) is 67.3 Å². The van der Waals surface area contributed by atoms with E-state index in [2.05, 4.69) is 49.8 Å². The first-order valence-electron chi connectivity index (χ1n) is 25.1. The Labute approximate surface area is 425 Å². The lowest BCUT2D eigenvalue weighted by atomic mass is 9.96. The number of aliphatic carboxylic acids is 1. The first-order chi connectivity index (χ1) is 33.4. The molecule has 8 amide bonds. The molecule has 1 aromatic carbocycles. The molecule has 1 aromatic rings. The van der Waals surface area contributed by atoms with Crippen molar-refractivity contribution in [2.24, 2.45) is 35.3 Å². The van der Waals surface area contributed by atoms with Crippen LogP contribution in [0.15, 0.2) is 30.3 Å². The molecule has 1 aliphatic rings. The molecule has 1 fully saturated rings. The highest BCUT2D eigenvalue weighted by Gasteiger charge is 2.40. The van der Waals surface area contributed by atoms with Crippen molar-refractivity contribution in [2.45, 2.75) is 175 Å². The summed E-state index contributed by atoms with van der Waals surface area (Å²) in [6.45, 7) is 17.7. The summed E-state index contributed by atoms with van der Waals surface area (Å²) < 4.78 is 0. The van der Waals surface area contributed by atoms with Crippen LogP contribution in [0.25, 0.3) is 0 Å². The van der Waals surface area contributed by atoms with Crippen LogP contribution < -0.4 is 43.0 Å². The number of amides is 8. The van der Waals surface area contributed by atoms with Crippen LogP contribution in [0, 0.1) is 29.6 Å². The third-order valence-corrected chi connectivity index (χ3v) is 13.1. The summed E-state index contributed by atoms with van der Waals surface area (Å²) in [6.07, 6.45) is 2.36. The highest BCUT2D eigenvalue weighted by atomic mass is 32.1. The molecular formula is C50H83N9O11S. The minimum Gasteiger partial charge on any atom is -0.480 e. The van der Waals surface area contributed by atoms with E-state index in [0.29, 0.717) is 37.8 Å². The number of carbonyl (C=O) groups is 9. The van der Waals surface area contributed by atoms with E-state index in [1.54, 1.807) is 58.0 Å². The van der Waals surface area contributed by atoms with Gasteiger partial charge in [-0.15, -0.1) is 0 Å². The second-order valence-electron chi connectivity index (χ2n) is 20.1. The summed E-state index contributed by atoms with van der Waals surface area (Å²) in [5.74, 6) is -7.95. The number of aliphatic hydroxyl groups is 1. The maximum atomic E-state index is 14.2. The van der Waals surface area contributed by atoms with Crippen LogP contribution in [-0.4, -0.2) is 142 Å². The Hall–Kier alpha value is -5.28. The SMILES string of the molecule is CC[C@H](C)[C@H](N)C(=O)N1CCC[C@H]1C(=O)N[C@@H](CS)C(=O)N[C@@H](CC(C)C)C(=O)N[C@@H](CC(C)C)C(=O)N[C@H](C(=O)N[C@@H](CO)C(=O)N[C@@H](Cc1ccccc1)C(=O)N[C@@H](CC(C)C)C(=O)O)[C@@H](C)CC. The van der Waals surface area contributed by atoms with Gasteiger partial charge in [-0.2, -0.15) is 12.6 Å². The molecule has 0 aromatic heterocycles. The second kappa shape index (κ2) is 30.6. The third kappa shape index (κ3) is 20.0. The van der Waals surface area contributed by atoms with Gasteiger partial charge in [-0.25, -0.2) is 4.79 Å². The maximum absolute atomic E-state index is 14.2. The van der Waals surface area contributed by atoms with Gasteiger partial charge in [-0.3, -0.25) is 38.4 Å². The van der Waals surface area contributed by atoms with Crippen molar-refractivity contribution in [3.63, 3.8) is 0 Å². The molecule has 1 saturated heterocycles. The van der Waals surface area contributed by atoms with Crippen LogP contribution in [-0.2, 0) is 49.6 Å². The second-order valence-corrected chi connectivity index (χ2v) is 20.5. The summed E-state index contributed by atoms with van der Waals surface area (Å²) in [6, 6.07) is -1.94. The van der Waals surface area contributed by atoms with Crippen LogP contribution in [0.4, 0.5) is 0 Å². The lowest BCUT2D eigenvalue weighted by molar-refractivity contribution is -0.143. The number of carboxylic acid groups (broad SMARTS) is 1. The summed E-state index contributed by atoms with van der Waals surface area (Å²) in [4.78, 5) is 124. The third-order valence-electron chi connectivity index (χ3n) is 12.7. The summed E-state index contributed by atoms with van der Waals surface area (Å²) in [5.41, 5.74) is 6.86. The molecule has 11 N–H and O–H groups in total. The van der Waals surface area contributed by atoms with Crippen LogP contribution in [0.5, 0.6) is 0 Å². The highest BCUT2D eigenvalue weighted by Crippen LogP contribution is 2.21. The summed E-state index contributed by atoms with van der Waals surface area (Å²) in [7, 11) is 0. The zero-order valence-corrected chi connectivity index (χ0v) is 44.2. The molecule has 0 bridgehead atoms. The Morgan fingerprint density at radius 1 is 0.620 bits per heavy atom. The molecule has 0 aliphatic carbocycles. The zero-order valence-electron chi connectivity index (χ0n) is 43.3. The fraction of sp³-hybridized carbons (Fsp3) is 0.700. The van der Waals surface area contributed by atoms with Crippen molar-refractivity contribution in [3.05, 3.63) is 35.9 Å². The van der Waals surface area contributed by atoms with Crippen molar-refractivity contribution < 1.29 is 53.4 Å². The lowest BCUT2D eigenvalue weighted by Crippen LogP contribution is -2.62. The van der Waals surface area contributed by atoms with Crippen LogP contribution in [0.3, 0.4) is 0 Å². The van der Waals surface area contributed by atoms with Gasteiger partial charge in [0.2, 0.25) is 47.3 Å². The van der Waals surface area contributed by atoms with Crippen molar-refractivity contribution in [2.75, 3.05) is 18.9 Å². The Balaban J connectivity index is 2.29. The van der Waals surface area contributed by atoms with Gasteiger partial charge in [0.1, 0.15) is 48.3 Å². The Morgan fingerprint density at radius 2 is 1.07 bits per heavy atom. The minimum atomic E-state index is -1.60. The van der Waals surface area contributed by atoms with Gasteiger partial charge < -0.3 is 58.1 Å². The maximum Gasteiger partial charge on any atom is 0.326 e. The number of nitrogens with two attached hydrogens (primary N) is 1. The number of benzene rings is 1. The van der Waals surface area contributed by atoms with Crippen LogP contribution >= 0.6 is 12.6 Å². The molecule has 0 unspecified atom stereocenters. The van der Waals surface area contributed by atoms with Gasteiger partial charge in [0.15, 0.2) is 0 Å². The molecule has 20 nitrogen and oxygen atoms in total. The van der Waals surface area contributed by atoms with Crippen molar-refractivity contribution in [1.29, 1.82) is 0 Å². The van der Waals surface area contributed by atoms with E-state index in [1.807, 2.05) is 41.5 Å². The zero-order chi connectivity index (χ0) is 53.7. The predicted molar refractivity (Wildman–Crippen MR) is 272 cm³/mol. The van der Waals surface area contributed by atoms with Crippen molar-refractivity contribution in [1.82, 2.24) is 42.1 Å². The van der Waals surface area contributed by atoms with Gasteiger partial charge >= 0.3 is 5.97 Å². The molecule has 0 saturated carbocycles. The number of hydrogen-bond donors (Lipinski definition) is 11. The monoisotopic (exact) mass is 1020 g/mol. The molecule has 11 atom stereocenters. The molecule has 400 valence electrons. The largest absolute Gasteiger partial charge is 0.480 e. The number of thiol groups is 1. The highest BCUT2D eigenvalue weighted by molar-refractivity contribution is 7.80. The Kier molecular flexibility index (Phi) is 26.6. The van der Waals surface area contributed by atoms with E-state index in [9.17, 15) is 53.4 Å². The number of likely N-dealkylation sites (tertiary alicyclic amines) is 1. The van der Waals surface area contributed by atoms with E-state index in [-0.39, 0.29) is 61.0 Å². The average Bonchev–Trinajstić information content (AvgIpc) is 3.82. The lowest BCUT2D eigenvalue weighted by Gasteiger charge is -2.31. The van der Waals surface area contributed by atoms with E-state index in [1.165, 1.54) is 4.90 Å². The normalized spacial score (nSPS) is 17.9. The number of hydrogen-bond acceptors (Lipinski definition) is 12. The minimum absolute atomic E-state index is 0.0434. The van der Waals surface area contributed by atoms with Gasteiger partial charge in [0, 0.05) is 18.7 Å². The molecule has 21 heteroatoms. The van der Waals surface area contributed by atoms with E-state index < -0.39 is 114 Å². The number of nitrogens with one attached hydrogen (secondary N) is 7. The Morgan fingerprint density at radius 3 is 1.56 bits per heavy atom. The Bertz CT molecular complexity index is 1940. The summed E-state index contributed by atoms with van der Waals surface area (Å²) >= 11 is 4.32. The number of aliphatic hydroxyl groups excluding tert-OH is 1. The van der Waals surface area contributed by atoms with Gasteiger partial charge in [-0.1, -0.05) is 112 Å². The standard InChI is InChI=1S/C50H83N9O11S/c1-11-30(9)40(51)49(68)59-20-16-19-39(59)47(66)57-38(26-71)46(65)53-33(21-27(3)4)42(61)52-34(22-28(5)6)44(63)58-41(31(10)12-2)48(67)56-37(25-60)45(64)54-35(24-32-17-14-13-15-18-32)43(62)55-36(50(69)70)23-29(7)8/h13-15,17-18,27-31,33-41,60,71H,11-12,16,19-26,51H2,1-10H3,(H,52,61)(H,53,65)(H,54,64)(H,55,62)(H,56,67)(H,57,66)(H,58,63)(H,69,70)/t30-,31-,33-,34-,35-,36-,37-,38-,39-,40-,41-/m0/s1. The molecule has 0 radical (unpaired) electrons. The molecule has 1 heterocycles. The molecule has 1 aliphatic heterocycles. The number of carboxylic acids is 1. The smallest absolute Gasteiger partial charge is 0.326 e. The topological polar surface area (TPSA) is 308 Å².